The molecule has 5 nitrogen and oxygen atoms in total. The second-order valence-corrected chi connectivity index (χ2v) is 12.2. The number of rotatable bonds is 5. The molecule has 0 unspecified atom stereocenters. The van der Waals surface area contributed by atoms with Gasteiger partial charge in [-0.1, -0.05) is 61.3 Å². The molecule has 0 aliphatic carbocycles. The number of hydrogen-bond acceptors (Lipinski definition) is 5. The van der Waals surface area contributed by atoms with Crippen LogP contribution in [0.3, 0.4) is 0 Å². The van der Waals surface area contributed by atoms with Crippen LogP contribution in [0.25, 0.3) is 0 Å². The van der Waals surface area contributed by atoms with E-state index in [0.717, 1.165) is 52.8 Å². The number of fused-ring (bicyclic) bond motifs is 1. The fraction of sp³-hybridized carbons (Fsp3) is 0.429. The van der Waals surface area contributed by atoms with Crippen molar-refractivity contribution >= 4 is 46.0 Å². The van der Waals surface area contributed by atoms with Crippen molar-refractivity contribution in [3.8, 4) is 0 Å². The lowest BCUT2D eigenvalue weighted by Crippen LogP contribution is -2.43. The SMILES string of the molecule is CC(C)C1=C(C(=O)NC2CCN(C)CC2)SC2=N[C@@](C)(c3ccc(Cl)cc3)[C@@H](c3ccc(Cl)cc3)N21. The minimum Gasteiger partial charge on any atom is -0.349 e. The molecule has 0 saturated carbocycles. The van der Waals surface area contributed by atoms with E-state index >= 15 is 0 Å². The molecule has 0 spiro atoms. The molecule has 5 rings (SSSR count). The number of halogens is 2. The summed E-state index contributed by atoms with van der Waals surface area (Å²) in [5.74, 6) is 0.157. The molecule has 8 heteroatoms. The third-order valence-corrected chi connectivity index (χ3v) is 9.00. The molecular formula is C28H32Cl2N4OS. The number of amides is 1. The summed E-state index contributed by atoms with van der Waals surface area (Å²) in [6.45, 7) is 8.48. The Morgan fingerprint density at radius 3 is 2.22 bits per heavy atom. The lowest BCUT2D eigenvalue weighted by atomic mass is 9.81. The second kappa shape index (κ2) is 10.1. The fourth-order valence-electron chi connectivity index (χ4n) is 5.48. The summed E-state index contributed by atoms with van der Waals surface area (Å²) in [5.41, 5.74) is 2.65. The number of piperidine rings is 1. The Kier molecular flexibility index (Phi) is 7.16. The summed E-state index contributed by atoms with van der Waals surface area (Å²) < 4.78 is 0. The van der Waals surface area contributed by atoms with Gasteiger partial charge < -0.3 is 15.1 Å². The average molecular weight is 544 g/mol. The van der Waals surface area contributed by atoms with Crippen molar-refractivity contribution in [2.24, 2.45) is 10.9 Å². The van der Waals surface area contributed by atoms with E-state index in [1.807, 2.05) is 24.3 Å². The first-order valence-corrected chi connectivity index (χ1v) is 14.1. The largest absolute Gasteiger partial charge is 0.349 e. The molecule has 2 aromatic carbocycles. The molecule has 3 aliphatic heterocycles. The number of thioether (sulfide) groups is 1. The number of carbonyl (C=O) groups is 1. The summed E-state index contributed by atoms with van der Waals surface area (Å²) in [4.78, 5) is 24.2. The molecule has 190 valence electrons. The first-order chi connectivity index (χ1) is 17.2. The van der Waals surface area contributed by atoms with Crippen molar-refractivity contribution in [3.63, 3.8) is 0 Å². The summed E-state index contributed by atoms with van der Waals surface area (Å²) in [6.07, 6.45) is 1.95. The zero-order valence-corrected chi connectivity index (χ0v) is 23.4. The van der Waals surface area contributed by atoms with Crippen molar-refractivity contribution in [2.45, 2.75) is 51.2 Å². The van der Waals surface area contributed by atoms with Crippen molar-refractivity contribution in [3.05, 3.63) is 80.3 Å². The molecule has 1 amide bonds. The van der Waals surface area contributed by atoms with E-state index in [1.54, 1.807) is 0 Å². The van der Waals surface area contributed by atoms with E-state index in [4.69, 9.17) is 28.2 Å². The zero-order valence-electron chi connectivity index (χ0n) is 21.1. The number of carbonyl (C=O) groups excluding carboxylic acids is 1. The van der Waals surface area contributed by atoms with E-state index < -0.39 is 5.54 Å². The maximum Gasteiger partial charge on any atom is 0.260 e. The summed E-state index contributed by atoms with van der Waals surface area (Å²) in [6, 6.07) is 16.0. The Balaban J connectivity index is 1.55. The van der Waals surface area contributed by atoms with E-state index in [9.17, 15) is 4.79 Å². The van der Waals surface area contributed by atoms with Gasteiger partial charge in [0.25, 0.3) is 5.91 Å². The Bertz CT molecular complexity index is 1200. The quantitative estimate of drug-likeness (QED) is 0.471. The van der Waals surface area contributed by atoms with Gasteiger partial charge in [0.05, 0.1) is 10.9 Å². The number of hydrogen-bond donors (Lipinski definition) is 1. The van der Waals surface area contributed by atoms with Gasteiger partial charge in [-0.2, -0.15) is 0 Å². The molecule has 0 radical (unpaired) electrons. The topological polar surface area (TPSA) is 47.9 Å². The van der Waals surface area contributed by atoms with E-state index in [-0.39, 0.29) is 23.9 Å². The predicted octanol–water partition coefficient (Wildman–Crippen LogP) is 6.45. The van der Waals surface area contributed by atoms with Gasteiger partial charge in [0.2, 0.25) is 0 Å². The van der Waals surface area contributed by atoms with Gasteiger partial charge in [-0.3, -0.25) is 4.79 Å². The maximum absolute atomic E-state index is 13.6. The minimum atomic E-state index is -0.559. The van der Waals surface area contributed by atoms with Gasteiger partial charge in [-0.25, -0.2) is 4.99 Å². The molecule has 36 heavy (non-hydrogen) atoms. The van der Waals surface area contributed by atoms with E-state index in [0.29, 0.717) is 10.0 Å². The number of likely N-dealkylation sites (tertiary alicyclic amines) is 1. The molecule has 2 aromatic rings. The maximum atomic E-state index is 13.6. The van der Waals surface area contributed by atoms with Crippen LogP contribution >= 0.6 is 35.0 Å². The Morgan fingerprint density at radius 2 is 1.64 bits per heavy atom. The van der Waals surface area contributed by atoms with Crippen LogP contribution in [-0.4, -0.2) is 47.1 Å². The molecule has 1 N–H and O–H groups in total. The fourth-order valence-corrected chi connectivity index (χ4v) is 7.04. The van der Waals surface area contributed by atoms with Crippen molar-refractivity contribution < 1.29 is 4.79 Å². The highest BCUT2D eigenvalue weighted by atomic mass is 35.5. The number of nitrogens with zero attached hydrogens (tertiary/aromatic N) is 3. The van der Waals surface area contributed by atoms with Gasteiger partial charge in [0, 0.05) is 21.8 Å². The molecule has 3 aliphatic rings. The highest BCUT2D eigenvalue weighted by Crippen LogP contribution is 2.56. The Labute approximate surface area is 227 Å². The van der Waals surface area contributed by atoms with Gasteiger partial charge in [-0.15, -0.1) is 0 Å². The molecule has 1 saturated heterocycles. The standard InChI is InChI=1S/C28H32Cl2N4OS/c1-17(2)23-24(26(35)31-22-13-15-33(4)16-14-22)36-27-32-28(3,19-7-11-21(30)12-8-19)25(34(23)27)18-5-9-20(29)10-6-18/h5-12,17,22,25H,13-16H2,1-4H3,(H,31,35)/t25-,28+/m1/s1. The minimum absolute atomic E-state index is 0.0124. The van der Waals surface area contributed by atoms with Crippen LogP contribution in [0.2, 0.25) is 10.0 Å². The van der Waals surface area contributed by atoms with Gasteiger partial charge in [-0.05, 0) is 93.0 Å². The molecular weight excluding hydrogens is 511 g/mol. The molecule has 0 bridgehead atoms. The third kappa shape index (κ3) is 4.69. The molecule has 3 heterocycles. The van der Waals surface area contributed by atoms with Crippen LogP contribution in [0.15, 0.2) is 64.1 Å². The lowest BCUT2D eigenvalue weighted by Gasteiger charge is -2.37. The van der Waals surface area contributed by atoms with Gasteiger partial charge in [0.1, 0.15) is 5.54 Å². The van der Waals surface area contributed by atoms with Crippen LogP contribution in [0.5, 0.6) is 0 Å². The van der Waals surface area contributed by atoms with Crippen molar-refractivity contribution in [1.29, 1.82) is 0 Å². The number of nitrogens with one attached hydrogen (secondary N) is 1. The summed E-state index contributed by atoms with van der Waals surface area (Å²) in [7, 11) is 2.13. The first-order valence-electron chi connectivity index (χ1n) is 12.5. The van der Waals surface area contributed by atoms with Crippen molar-refractivity contribution in [2.75, 3.05) is 20.1 Å². The van der Waals surface area contributed by atoms with Gasteiger partial charge in [0.15, 0.2) is 5.17 Å². The number of benzene rings is 2. The van der Waals surface area contributed by atoms with E-state index in [1.165, 1.54) is 11.8 Å². The van der Waals surface area contributed by atoms with Crippen molar-refractivity contribution in [1.82, 2.24) is 15.1 Å². The van der Waals surface area contributed by atoms with Crippen LogP contribution < -0.4 is 5.32 Å². The summed E-state index contributed by atoms with van der Waals surface area (Å²) >= 11 is 14.0. The molecule has 0 aromatic heterocycles. The highest BCUT2D eigenvalue weighted by Gasteiger charge is 2.53. The predicted molar refractivity (Wildman–Crippen MR) is 150 cm³/mol. The molecule has 1 fully saturated rings. The van der Waals surface area contributed by atoms with Gasteiger partial charge >= 0.3 is 0 Å². The van der Waals surface area contributed by atoms with Crippen LogP contribution in [0, 0.1) is 5.92 Å². The Hall–Kier alpha value is -1.99. The number of allylic oxidation sites excluding steroid dienone is 1. The third-order valence-electron chi connectivity index (χ3n) is 7.43. The smallest absolute Gasteiger partial charge is 0.260 e. The monoisotopic (exact) mass is 542 g/mol. The number of amidine groups is 1. The number of aliphatic imine (C=N–C) groups is 1. The molecule has 2 atom stereocenters. The zero-order chi connectivity index (χ0) is 25.6. The average Bonchev–Trinajstić information content (AvgIpc) is 3.34. The van der Waals surface area contributed by atoms with Crippen LogP contribution in [-0.2, 0) is 10.3 Å². The first kappa shape index (κ1) is 25.7. The van der Waals surface area contributed by atoms with Crippen LogP contribution in [0.1, 0.15) is 50.8 Å². The second-order valence-electron chi connectivity index (χ2n) is 10.4. The summed E-state index contributed by atoms with van der Waals surface area (Å²) in [5, 5.41) is 5.57. The normalized spacial score (nSPS) is 24.9. The Morgan fingerprint density at radius 1 is 1.06 bits per heavy atom. The van der Waals surface area contributed by atoms with Crippen LogP contribution in [0.4, 0.5) is 0 Å². The lowest BCUT2D eigenvalue weighted by molar-refractivity contribution is -0.117. The highest BCUT2D eigenvalue weighted by molar-refractivity contribution is 8.18. The van der Waals surface area contributed by atoms with E-state index in [2.05, 4.69) is 67.2 Å².